The van der Waals surface area contributed by atoms with Crippen molar-refractivity contribution < 1.29 is 9.53 Å². The summed E-state index contributed by atoms with van der Waals surface area (Å²) in [6.07, 6.45) is 2.03. The van der Waals surface area contributed by atoms with Gasteiger partial charge in [0.05, 0.1) is 0 Å². The van der Waals surface area contributed by atoms with Crippen LogP contribution in [-0.2, 0) is 0 Å². The van der Waals surface area contributed by atoms with Crippen molar-refractivity contribution in [1.82, 2.24) is 4.90 Å². The molecule has 22 heavy (non-hydrogen) atoms. The van der Waals surface area contributed by atoms with E-state index in [2.05, 4.69) is 0 Å². The summed E-state index contributed by atoms with van der Waals surface area (Å²) in [6.45, 7) is 1.32. The normalized spacial score (nSPS) is 17.5. The van der Waals surface area contributed by atoms with E-state index in [1.165, 1.54) is 0 Å². The Morgan fingerprint density at radius 3 is 2.45 bits per heavy atom. The van der Waals surface area contributed by atoms with Gasteiger partial charge in [0.2, 0.25) is 0 Å². The van der Waals surface area contributed by atoms with Gasteiger partial charge in [0.15, 0.2) is 0 Å². The highest BCUT2D eigenvalue weighted by Crippen LogP contribution is 2.23. The Labute approximate surface area is 130 Å². The number of likely N-dealkylation sites (tertiary alicyclic amines) is 1. The van der Waals surface area contributed by atoms with E-state index >= 15 is 0 Å². The molecule has 2 N–H and O–H groups in total. The maximum atomic E-state index is 12.5. The molecule has 0 bridgehead atoms. The molecule has 0 aliphatic carbocycles. The summed E-state index contributed by atoms with van der Waals surface area (Å²) in [7, 11) is 0. The number of nitrogens with zero attached hydrogens (tertiary/aromatic N) is 1. The van der Waals surface area contributed by atoms with Crippen LogP contribution in [-0.4, -0.2) is 29.9 Å². The van der Waals surface area contributed by atoms with Crippen LogP contribution in [0, 0.1) is 0 Å². The quantitative estimate of drug-likeness (QED) is 0.943. The average Bonchev–Trinajstić information content (AvgIpc) is 3.04. The van der Waals surface area contributed by atoms with Crippen LogP contribution in [0.15, 0.2) is 54.6 Å². The number of para-hydroxylation sites is 1. The molecule has 0 spiro atoms. The molecule has 1 saturated heterocycles. The molecule has 0 radical (unpaired) electrons. The largest absolute Gasteiger partial charge is 0.457 e. The highest BCUT2D eigenvalue weighted by atomic mass is 16.5. The van der Waals surface area contributed by atoms with Crippen molar-refractivity contribution >= 4 is 5.91 Å². The molecule has 1 aliphatic rings. The minimum Gasteiger partial charge on any atom is -0.457 e. The lowest BCUT2D eigenvalue weighted by molar-refractivity contribution is 0.0741. The molecule has 4 heteroatoms. The Morgan fingerprint density at radius 1 is 1.09 bits per heavy atom. The first-order chi connectivity index (χ1) is 10.8. The molecule has 2 aromatic rings. The second kappa shape index (κ2) is 6.62. The van der Waals surface area contributed by atoms with Gasteiger partial charge in [-0.15, -0.1) is 0 Å². The van der Waals surface area contributed by atoms with Crippen molar-refractivity contribution in [2.24, 2.45) is 5.73 Å². The third kappa shape index (κ3) is 3.12. The van der Waals surface area contributed by atoms with Gasteiger partial charge in [-0.2, -0.15) is 0 Å². The van der Waals surface area contributed by atoms with E-state index in [0.717, 1.165) is 30.9 Å². The van der Waals surface area contributed by atoms with Gasteiger partial charge < -0.3 is 15.4 Å². The number of hydrogen-bond donors (Lipinski definition) is 1. The van der Waals surface area contributed by atoms with Gasteiger partial charge >= 0.3 is 0 Å². The molecule has 114 valence electrons. The Morgan fingerprint density at radius 2 is 1.77 bits per heavy atom. The molecule has 0 saturated carbocycles. The van der Waals surface area contributed by atoms with Crippen molar-refractivity contribution in [1.29, 1.82) is 0 Å². The zero-order valence-corrected chi connectivity index (χ0v) is 12.4. The molecular weight excluding hydrogens is 276 g/mol. The van der Waals surface area contributed by atoms with Crippen LogP contribution in [0.3, 0.4) is 0 Å². The van der Waals surface area contributed by atoms with Gasteiger partial charge in [0.25, 0.3) is 5.91 Å². The van der Waals surface area contributed by atoms with Crippen molar-refractivity contribution in [3.8, 4) is 11.5 Å². The van der Waals surface area contributed by atoms with E-state index in [0.29, 0.717) is 12.1 Å². The van der Waals surface area contributed by atoms with Gasteiger partial charge in [-0.25, -0.2) is 0 Å². The third-order valence-corrected chi connectivity index (χ3v) is 3.99. The highest BCUT2D eigenvalue weighted by molar-refractivity contribution is 5.94. The fourth-order valence-electron chi connectivity index (χ4n) is 2.80. The number of amides is 1. The zero-order chi connectivity index (χ0) is 15.4. The summed E-state index contributed by atoms with van der Waals surface area (Å²) in [5.74, 6) is 1.56. The summed E-state index contributed by atoms with van der Waals surface area (Å²) >= 11 is 0. The van der Waals surface area contributed by atoms with Gasteiger partial charge in [0.1, 0.15) is 11.5 Å². The van der Waals surface area contributed by atoms with Crippen molar-refractivity contribution in [2.45, 2.75) is 18.9 Å². The molecule has 1 amide bonds. The number of nitrogens with two attached hydrogens (primary N) is 1. The highest BCUT2D eigenvalue weighted by Gasteiger charge is 2.28. The molecule has 3 rings (SSSR count). The van der Waals surface area contributed by atoms with Crippen LogP contribution in [0.5, 0.6) is 11.5 Å². The maximum Gasteiger partial charge on any atom is 0.254 e. The minimum absolute atomic E-state index is 0.0548. The number of rotatable bonds is 4. The lowest BCUT2D eigenvalue weighted by Gasteiger charge is -2.23. The first-order valence-corrected chi connectivity index (χ1v) is 7.62. The molecule has 0 aromatic heterocycles. The van der Waals surface area contributed by atoms with Crippen LogP contribution in [0.1, 0.15) is 23.2 Å². The fourth-order valence-corrected chi connectivity index (χ4v) is 2.80. The Hall–Kier alpha value is -2.33. The number of carbonyl (C=O) groups excluding carboxylic acids is 1. The fraction of sp³-hybridized carbons (Fsp3) is 0.278. The van der Waals surface area contributed by atoms with Gasteiger partial charge in [-0.1, -0.05) is 18.2 Å². The van der Waals surface area contributed by atoms with E-state index in [1.807, 2.05) is 59.5 Å². The van der Waals surface area contributed by atoms with E-state index in [1.54, 1.807) is 0 Å². The van der Waals surface area contributed by atoms with E-state index in [9.17, 15) is 4.79 Å². The topological polar surface area (TPSA) is 55.6 Å². The number of ether oxygens (including phenoxy) is 1. The van der Waals surface area contributed by atoms with Crippen LogP contribution in [0.25, 0.3) is 0 Å². The van der Waals surface area contributed by atoms with Crippen LogP contribution >= 0.6 is 0 Å². The summed E-state index contributed by atoms with van der Waals surface area (Å²) in [5, 5.41) is 0. The van der Waals surface area contributed by atoms with E-state index < -0.39 is 0 Å². The molecule has 1 fully saturated rings. The summed E-state index contributed by atoms with van der Waals surface area (Å²) in [5.41, 5.74) is 6.42. The third-order valence-electron chi connectivity index (χ3n) is 3.99. The predicted octanol–water partition coefficient (Wildman–Crippen LogP) is 3.04. The van der Waals surface area contributed by atoms with Gasteiger partial charge in [0, 0.05) is 24.7 Å². The first-order valence-electron chi connectivity index (χ1n) is 7.62. The predicted molar refractivity (Wildman–Crippen MR) is 86.1 cm³/mol. The number of benzene rings is 2. The second-order valence-corrected chi connectivity index (χ2v) is 5.47. The summed E-state index contributed by atoms with van der Waals surface area (Å²) in [6, 6.07) is 17.0. The van der Waals surface area contributed by atoms with Crippen LogP contribution in [0.4, 0.5) is 0 Å². The molecule has 2 aromatic carbocycles. The van der Waals surface area contributed by atoms with Gasteiger partial charge in [-0.05, 0) is 49.2 Å². The molecule has 1 atom stereocenters. The summed E-state index contributed by atoms with van der Waals surface area (Å²) < 4.78 is 5.74. The Balaban J connectivity index is 1.70. The SMILES string of the molecule is NCC1CCCN1C(=O)c1ccc(Oc2ccccc2)cc1. The van der Waals surface area contributed by atoms with E-state index in [4.69, 9.17) is 10.5 Å². The van der Waals surface area contributed by atoms with Crippen LogP contribution in [0.2, 0.25) is 0 Å². The summed E-state index contributed by atoms with van der Waals surface area (Å²) in [4.78, 5) is 14.4. The maximum absolute atomic E-state index is 12.5. The standard InChI is InChI=1S/C18H20N2O2/c19-13-15-5-4-12-20(15)18(21)14-8-10-17(11-9-14)22-16-6-2-1-3-7-16/h1-3,6-11,15H,4-5,12-13,19H2. The Kier molecular flexibility index (Phi) is 4.39. The molecule has 1 aliphatic heterocycles. The molecule has 1 heterocycles. The van der Waals surface area contributed by atoms with E-state index in [-0.39, 0.29) is 11.9 Å². The second-order valence-electron chi connectivity index (χ2n) is 5.47. The van der Waals surface area contributed by atoms with Crippen molar-refractivity contribution in [3.63, 3.8) is 0 Å². The average molecular weight is 296 g/mol. The first kappa shape index (κ1) is 14.6. The van der Waals surface area contributed by atoms with Crippen LogP contribution < -0.4 is 10.5 Å². The molecular formula is C18H20N2O2. The van der Waals surface area contributed by atoms with Crippen molar-refractivity contribution in [2.75, 3.05) is 13.1 Å². The van der Waals surface area contributed by atoms with Crippen molar-refractivity contribution in [3.05, 3.63) is 60.2 Å². The number of carbonyl (C=O) groups is 1. The zero-order valence-electron chi connectivity index (χ0n) is 12.4. The lowest BCUT2D eigenvalue weighted by Crippen LogP contribution is -2.39. The lowest BCUT2D eigenvalue weighted by atomic mass is 10.1. The Bertz CT molecular complexity index is 625. The smallest absolute Gasteiger partial charge is 0.254 e. The van der Waals surface area contributed by atoms with Gasteiger partial charge in [-0.3, -0.25) is 4.79 Å². The minimum atomic E-state index is 0.0548. The molecule has 4 nitrogen and oxygen atoms in total. The monoisotopic (exact) mass is 296 g/mol. The number of hydrogen-bond acceptors (Lipinski definition) is 3. The molecule has 1 unspecified atom stereocenters.